The molecule has 25 heavy (non-hydrogen) atoms. The van der Waals surface area contributed by atoms with E-state index < -0.39 is 11.1 Å². The monoisotopic (exact) mass is 346 g/mol. The third-order valence-electron chi connectivity index (χ3n) is 5.23. The number of hydrogen-bond donors (Lipinski definition) is 3. The number of H-pyrrole nitrogens is 2. The molecule has 3 rings (SSSR count). The highest BCUT2D eigenvalue weighted by atomic mass is 16.2. The molecule has 0 radical (unpaired) electrons. The molecule has 7 nitrogen and oxygen atoms in total. The lowest BCUT2D eigenvalue weighted by atomic mass is 9.98. The Hall–Kier alpha value is -2.15. The minimum absolute atomic E-state index is 0.0684. The van der Waals surface area contributed by atoms with Crippen LogP contribution in [0.3, 0.4) is 0 Å². The molecule has 3 N–H and O–H groups in total. The van der Waals surface area contributed by atoms with Crippen LogP contribution in [0, 0.1) is 11.8 Å². The molecule has 1 aromatic heterocycles. The lowest BCUT2D eigenvalue weighted by Gasteiger charge is -2.19. The smallest absolute Gasteiger partial charge is 0.266 e. The summed E-state index contributed by atoms with van der Waals surface area (Å²) in [5.74, 6) is 0.978. The zero-order valence-corrected chi connectivity index (χ0v) is 14.8. The van der Waals surface area contributed by atoms with E-state index in [1.165, 1.54) is 24.5 Å². The molecule has 7 heteroatoms. The number of rotatable bonds is 6. The number of carbonyl (C=O) groups excluding carboxylic acids is 1. The minimum Gasteiger partial charge on any atom is -0.351 e. The van der Waals surface area contributed by atoms with Crippen molar-refractivity contribution in [3.05, 3.63) is 44.0 Å². The van der Waals surface area contributed by atoms with Crippen LogP contribution in [0.4, 0.5) is 0 Å². The summed E-state index contributed by atoms with van der Waals surface area (Å²) < 4.78 is 0. The van der Waals surface area contributed by atoms with E-state index in [0.717, 1.165) is 19.6 Å². The largest absolute Gasteiger partial charge is 0.351 e. The highest BCUT2D eigenvalue weighted by Crippen LogP contribution is 2.41. The van der Waals surface area contributed by atoms with Gasteiger partial charge in [0.25, 0.3) is 11.1 Å². The van der Waals surface area contributed by atoms with Crippen molar-refractivity contribution in [2.24, 2.45) is 11.8 Å². The fraction of sp³-hybridized carbons (Fsp3) is 0.611. The Balaban J connectivity index is 1.63. The van der Waals surface area contributed by atoms with Gasteiger partial charge in [-0.05, 0) is 38.5 Å². The van der Waals surface area contributed by atoms with E-state index >= 15 is 0 Å². The molecule has 0 aromatic carbocycles. The van der Waals surface area contributed by atoms with Crippen molar-refractivity contribution in [1.29, 1.82) is 0 Å². The van der Waals surface area contributed by atoms with Crippen LogP contribution in [-0.4, -0.2) is 46.7 Å². The number of nitrogens with one attached hydrogen (secondary N) is 3. The number of likely N-dealkylation sites (tertiary alicyclic amines) is 1. The van der Waals surface area contributed by atoms with Gasteiger partial charge in [-0.25, -0.2) is 0 Å². The Kier molecular flexibility index (Phi) is 5.22. The van der Waals surface area contributed by atoms with Crippen LogP contribution in [0.2, 0.25) is 0 Å². The summed E-state index contributed by atoms with van der Waals surface area (Å²) in [6.45, 7) is 6.94. The van der Waals surface area contributed by atoms with Gasteiger partial charge in [-0.15, -0.1) is 0 Å². The van der Waals surface area contributed by atoms with E-state index in [0.29, 0.717) is 11.8 Å². The normalized spacial score (nSPS) is 24.5. The third-order valence-corrected chi connectivity index (χ3v) is 5.23. The number of hydrogen-bond acceptors (Lipinski definition) is 4. The molecule has 1 amide bonds. The number of aromatic nitrogens is 2. The molecule has 136 valence electrons. The van der Waals surface area contributed by atoms with Gasteiger partial charge in [0, 0.05) is 37.3 Å². The molecule has 0 bridgehead atoms. The summed E-state index contributed by atoms with van der Waals surface area (Å²) in [4.78, 5) is 37.8. The first kappa shape index (κ1) is 17.7. The van der Waals surface area contributed by atoms with Crippen LogP contribution in [0.5, 0.6) is 0 Å². The van der Waals surface area contributed by atoms with Crippen LogP contribution in [0.15, 0.2) is 27.3 Å². The number of nitrogens with zero attached hydrogens (tertiary/aromatic N) is 1. The first-order chi connectivity index (χ1) is 12.0. The van der Waals surface area contributed by atoms with Gasteiger partial charge in [0.2, 0.25) is 5.91 Å². The van der Waals surface area contributed by atoms with E-state index in [4.69, 9.17) is 0 Å². The molecular formula is C18H26N4O3. The van der Waals surface area contributed by atoms with Crippen molar-refractivity contribution < 1.29 is 4.79 Å². The molecule has 1 aliphatic heterocycles. The number of allylic oxidation sites excluding steroid dienone is 1. The van der Waals surface area contributed by atoms with E-state index in [9.17, 15) is 14.4 Å². The molecule has 2 atom stereocenters. The highest BCUT2D eigenvalue weighted by molar-refractivity contribution is 5.78. The van der Waals surface area contributed by atoms with Gasteiger partial charge >= 0.3 is 0 Å². The maximum absolute atomic E-state index is 12.4. The summed E-state index contributed by atoms with van der Waals surface area (Å²) in [5, 5.41) is 7.56. The first-order valence-electron chi connectivity index (χ1n) is 8.90. The average Bonchev–Trinajstić information content (AvgIpc) is 3.34. The number of carbonyl (C=O) groups is 1. The first-order valence-corrected chi connectivity index (χ1v) is 8.90. The van der Waals surface area contributed by atoms with Gasteiger partial charge < -0.3 is 5.32 Å². The van der Waals surface area contributed by atoms with Crippen LogP contribution < -0.4 is 16.4 Å². The predicted molar refractivity (Wildman–Crippen MR) is 95.4 cm³/mol. The molecule has 1 saturated carbocycles. The summed E-state index contributed by atoms with van der Waals surface area (Å²) in [5.41, 5.74) is 0.692. The van der Waals surface area contributed by atoms with Gasteiger partial charge in [0.1, 0.15) is 0 Å². The second-order valence-corrected chi connectivity index (χ2v) is 7.29. The van der Waals surface area contributed by atoms with Crippen molar-refractivity contribution in [2.75, 3.05) is 19.6 Å². The third kappa shape index (κ3) is 4.48. The quantitative estimate of drug-likeness (QED) is 0.649. The summed E-state index contributed by atoms with van der Waals surface area (Å²) >= 11 is 0. The molecule has 0 spiro atoms. The molecule has 1 saturated heterocycles. The average molecular weight is 346 g/mol. The molecule has 2 fully saturated rings. The van der Waals surface area contributed by atoms with Crippen LogP contribution in [-0.2, 0) is 11.2 Å². The second kappa shape index (κ2) is 7.39. The maximum atomic E-state index is 12.4. The molecule has 2 heterocycles. The van der Waals surface area contributed by atoms with E-state index in [2.05, 4.69) is 33.4 Å². The highest BCUT2D eigenvalue weighted by Gasteiger charge is 2.42. The molecule has 1 aliphatic carbocycles. The van der Waals surface area contributed by atoms with Crippen LogP contribution >= 0.6 is 0 Å². The fourth-order valence-corrected chi connectivity index (χ4v) is 3.66. The van der Waals surface area contributed by atoms with Gasteiger partial charge in [-0.2, -0.15) is 0 Å². The van der Waals surface area contributed by atoms with E-state index in [1.54, 1.807) is 0 Å². The van der Waals surface area contributed by atoms with Gasteiger partial charge in [-0.1, -0.05) is 11.6 Å². The van der Waals surface area contributed by atoms with Gasteiger partial charge in [0.05, 0.1) is 6.42 Å². The van der Waals surface area contributed by atoms with Crippen molar-refractivity contribution in [3.8, 4) is 0 Å². The number of amides is 1. The van der Waals surface area contributed by atoms with Gasteiger partial charge in [-0.3, -0.25) is 29.5 Å². The molecule has 0 unspecified atom stereocenters. The lowest BCUT2D eigenvalue weighted by Crippen LogP contribution is -2.42. The SMILES string of the molecule is C/C=C(\C)CN1C[C@H](NC(=O)Cc2cc(=O)[nH][nH]c2=O)[C@@H](C2CC2)C1. The summed E-state index contributed by atoms with van der Waals surface area (Å²) in [6, 6.07) is 1.30. The summed E-state index contributed by atoms with van der Waals surface area (Å²) in [7, 11) is 0. The Morgan fingerprint density at radius 3 is 2.76 bits per heavy atom. The second-order valence-electron chi connectivity index (χ2n) is 7.29. The fourth-order valence-electron chi connectivity index (χ4n) is 3.66. The Bertz CT molecular complexity index is 775. The molecule has 1 aromatic rings. The molecule has 2 aliphatic rings. The molecular weight excluding hydrogens is 320 g/mol. The van der Waals surface area contributed by atoms with Crippen molar-refractivity contribution >= 4 is 5.91 Å². The Labute approximate surface area is 146 Å². The van der Waals surface area contributed by atoms with Crippen LogP contribution in [0.25, 0.3) is 0 Å². The maximum Gasteiger partial charge on any atom is 0.266 e. The number of aromatic amines is 2. The Morgan fingerprint density at radius 2 is 2.08 bits per heavy atom. The van der Waals surface area contributed by atoms with Crippen LogP contribution in [0.1, 0.15) is 32.3 Å². The zero-order chi connectivity index (χ0) is 18.0. The lowest BCUT2D eigenvalue weighted by molar-refractivity contribution is -0.121. The van der Waals surface area contributed by atoms with Crippen molar-refractivity contribution in [2.45, 2.75) is 39.2 Å². The standard InChI is InChI=1S/C18H26N4O3/c1-3-11(2)8-22-9-14(12-4-5-12)15(10-22)19-16(23)6-13-7-17(24)20-21-18(13)25/h3,7,12,14-15H,4-6,8-10H2,1-2H3,(H,19,23)(H,20,24)(H,21,25)/b11-3+/t14-,15+/m1/s1. The van der Waals surface area contributed by atoms with Crippen molar-refractivity contribution in [1.82, 2.24) is 20.4 Å². The zero-order valence-electron chi connectivity index (χ0n) is 14.8. The predicted octanol–water partition coefficient (Wildman–Crippen LogP) is 0.399. The minimum atomic E-state index is -0.426. The van der Waals surface area contributed by atoms with E-state index in [1.807, 2.05) is 6.92 Å². The topological polar surface area (TPSA) is 98.1 Å². The van der Waals surface area contributed by atoms with Crippen molar-refractivity contribution in [3.63, 3.8) is 0 Å². The Morgan fingerprint density at radius 1 is 1.32 bits per heavy atom. The van der Waals surface area contributed by atoms with Gasteiger partial charge in [0.15, 0.2) is 0 Å². The summed E-state index contributed by atoms with van der Waals surface area (Å²) in [6.07, 6.45) is 4.53. The van der Waals surface area contributed by atoms with E-state index in [-0.39, 0.29) is 23.9 Å².